The van der Waals surface area contributed by atoms with Gasteiger partial charge in [0.2, 0.25) is 21.9 Å². The van der Waals surface area contributed by atoms with E-state index in [1.54, 1.807) is 9.46 Å². The second kappa shape index (κ2) is 24.0. The number of aryl methyl sites for hydroxylation is 1. The molecule has 1 radical (unpaired) electrons. The normalized spacial score (nSPS) is 13.6. The van der Waals surface area contributed by atoms with Crippen molar-refractivity contribution in [3.8, 4) is 0 Å². The number of rotatable bonds is 12. The van der Waals surface area contributed by atoms with Crippen LogP contribution in [-0.4, -0.2) is 107 Å². The molecular formula is C65H52N14O9S3V. The molecule has 27 heteroatoms. The van der Waals surface area contributed by atoms with E-state index >= 15 is 0 Å². The monoisotopic (exact) mass is 1320 g/mol. The number of benzene rings is 9. The van der Waals surface area contributed by atoms with Crippen LogP contribution < -0.4 is 31.3 Å². The molecule has 4 aliphatic rings. The summed E-state index contributed by atoms with van der Waals surface area (Å²) < 4.78 is 90.0. The predicted octanol–water partition coefficient (Wildman–Crippen LogP) is 9.71. The summed E-state index contributed by atoms with van der Waals surface area (Å²) in [4.78, 5) is 51.3. The molecule has 0 atom stereocenters. The third kappa shape index (κ3) is 11.9. The summed E-state index contributed by atoms with van der Waals surface area (Å²) in [6.07, 6.45) is 1.65. The van der Waals surface area contributed by atoms with E-state index in [1.165, 1.54) is 24.3 Å². The minimum atomic E-state index is -4.35. The van der Waals surface area contributed by atoms with Gasteiger partial charge in [0, 0.05) is 87.6 Å². The van der Waals surface area contributed by atoms with Crippen molar-refractivity contribution in [3.05, 3.63) is 209 Å². The Balaban J connectivity index is 0.000000190. The molecular weight excluding hydrogens is 1270 g/mol. The maximum Gasteiger partial charge on any atom is 0.294 e. The zero-order chi connectivity index (χ0) is 62.9. The summed E-state index contributed by atoms with van der Waals surface area (Å²) in [7, 11) is -11.9. The van der Waals surface area contributed by atoms with Crippen molar-refractivity contribution in [1.29, 1.82) is 0 Å². The van der Waals surface area contributed by atoms with Crippen molar-refractivity contribution in [1.82, 2.24) is 29.1 Å². The minimum absolute atomic E-state index is 0. The van der Waals surface area contributed by atoms with Gasteiger partial charge in [-0.2, -0.15) is 31.8 Å². The van der Waals surface area contributed by atoms with E-state index < -0.39 is 36.0 Å². The van der Waals surface area contributed by atoms with Crippen molar-refractivity contribution >= 4 is 147 Å². The Kier molecular flexibility index (Phi) is 15.9. The van der Waals surface area contributed by atoms with Crippen LogP contribution in [0.4, 0.5) is 29.2 Å². The molecule has 0 aliphatic carbocycles. The summed E-state index contributed by atoms with van der Waals surface area (Å²) >= 11 is 0. The first kappa shape index (κ1) is 61.0. The Labute approximate surface area is 537 Å². The van der Waals surface area contributed by atoms with Crippen molar-refractivity contribution in [2.75, 3.05) is 35.7 Å². The molecule has 12 aromatic rings. The van der Waals surface area contributed by atoms with E-state index in [-0.39, 0.29) is 60.7 Å². The largest absolute Gasteiger partial charge is 0.353 e. The van der Waals surface area contributed by atoms with Gasteiger partial charge in [-0.25, -0.2) is 43.1 Å². The zero-order valence-corrected chi connectivity index (χ0v) is 52.9. The molecule has 7 heterocycles. The van der Waals surface area contributed by atoms with Gasteiger partial charge in [-0.3, -0.25) is 14.0 Å². The molecule has 92 heavy (non-hydrogen) atoms. The number of aliphatic imine (C=N–C) groups is 4. The summed E-state index contributed by atoms with van der Waals surface area (Å²) in [5, 5.41) is 17.6. The first-order valence-electron chi connectivity index (χ1n) is 28.8. The van der Waals surface area contributed by atoms with Gasteiger partial charge >= 0.3 is 0 Å². The number of anilines is 3. The molecule has 0 saturated carbocycles. The molecule has 3 aromatic heterocycles. The standard InChI is InChI=1S/C48H24N8O.C15H22N6O8S3.C2H6.V/c1-2-10-26-18-34-33(17-25(26)9-1)41-49-42(34)52-46-39-23-31-15-7-8-16-32(31)24-40(39)48-54-44-36-20-28-12-4-3-11-27(28)19-35(36)43(50-44)53-47-38-22-30-14-6-5-13-29(30)21-37(38)45(51-41)55(47)57-56(46)48;1-30(22,23)17-8-2-3-13-19-14(16-9-10-31(24,25)26)21-15(20-13)18-11-4-6-12(7-5-11)32(27,28)29;1-2;/h1-24H;4-7,17H,2-3,8-10H2,1H3,(H,24,25,26)(H,27,28,29)(H2,16,18,19,20,21);1-2H3;. The summed E-state index contributed by atoms with van der Waals surface area (Å²) in [6, 6.07) is 55.8. The average molecular weight is 1320 g/mol. The summed E-state index contributed by atoms with van der Waals surface area (Å²) in [5.41, 5.74) is 5.09. The van der Waals surface area contributed by atoms with Gasteiger partial charge < -0.3 is 10.6 Å². The number of sulfonamides is 1. The minimum Gasteiger partial charge on any atom is -0.353 e. The van der Waals surface area contributed by atoms with Gasteiger partial charge in [-0.15, -0.1) is 9.46 Å². The number of aromatic nitrogens is 5. The Morgan fingerprint density at radius 3 is 1.28 bits per heavy atom. The number of nitrogens with one attached hydrogen (secondary N) is 3. The van der Waals surface area contributed by atoms with E-state index in [9.17, 15) is 25.3 Å². The van der Waals surface area contributed by atoms with Gasteiger partial charge in [0.05, 0.1) is 16.9 Å². The number of nitrogens with zero attached hydrogens (tertiary/aromatic N) is 11. The van der Waals surface area contributed by atoms with Gasteiger partial charge in [-0.1, -0.05) is 111 Å². The Morgan fingerprint density at radius 1 is 0.467 bits per heavy atom. The Hall–Kier alpha value is -9.90. The first-order chi connectivity index (χ1) is 43.9. The molecule has 9 aromatic carbocycles. The van der Waals surface area contributed by atoms with Crippen LogP contribution in [0, 0.1) is 0 Å². The van der Waals surface area contributed by atoms with Crippen LogP contribution in [0.5, 0.6) is 0 Å². The third-order valence-corrected chi connectivity index (χ3v) is 17.7. The van der Waals surface area contributed by atoms with Crippen LogP contribution >= 0.6 is 0 Å². The zero-order valence-electron chi connectivity index (χ0n) is 49.0. The second-order valence-corrected chi connectivity index (χ2v) is 26.2. The molecule has 6 bridgehead atoms. The van der Waals surface area contributed by atoms with E-state index in [1.807, 2.05) is 13.8 Å². The van der Waals surface area contributed by atoms with Gasteiger partial charge in [0.15, 0.2) is 46.0 Å². The Morgan fingerprint density at radius 2 is 0.870 bits per heavy atom. The van der Waals surface area contributed by atoms with Crippen LogP contribution in [0.2, 0.25) is 0 Å². The van der Waals surface area contributed by atoms with Gasteiger partial charge in [0.25, 0.3) is 20.2 Å². The average Bonchev–Trinajstić information content (AvgIpc) is 1.65. The van der Waals surface area contributed by atoms with Crippen molar-refractivity contribution < 1.29 is 57.9 Å². The summed E-state index contributed by atoms with van der Waals surface area (Å²) in [6.45, 7) is 3.97. The fourth-order valence-corrected chi connectivity index (χ4v) is 12.6. The second-order valence-electron chi connectivity index (χ2n) is 21.4. The molecule has 5 N–H and O–H groups in total. The van der Waals surface area contributed by atoms with E-state index in [0.717, 1.165) is 93.1 Å². The van der Waals surface area contributed by atoms with Crippen LogP contribution in [0.3, 0.4) is 0 Å². The molecule has 0 spiro atoms. The molecule has 0 fully saturated rings. The van der Waals surface area contributed by atoms with E-state index in [0.29, 0.717) is 58.1 Å². The maximum absolute atomic E-state index is 11.1. The molecule has 0 unspecified atom stereocenters. The number of fused-ring (bicyclic) bond motifs is 18. The topological polar surface area (TPSA) is 311 Å². The van der Waals surface area contributed by atoms with E-state index in [2.05, 4.69) is 176 Å². The molecule has 0 saturated heterocycles. The van der Waals surface area contributed by atoms with E-state index in [4.69, 9.17) is 44.0 Å². The quantitative estimate of drug-likeness (QED) is 0.0562. The third-order valence-electron chi connectivity index (χ3n) is 15.3. The smallest absolute Gasteiger partial charge is 0.294 e. The maximum atomic E-state index is 11.1. The predicted molar refractivity (Wildman–Crippen MR) is 353 cm³/mol. The van der Waals surface area contributed by atoms with Crippen molar-refractivity contribution in [3.63, 3.8) is 0 Å². The number of amidine groups is 4. The number of hydrogen-bond acceptors (Lipinski definition) is 18. The van der Waals surface area contributed by atoms with Crippen LogP contribution in [0.15, 0.2) is 205 Å². The fraction of sp³-hybridized carbons (Fsp3) is 0.123. The molecule has 4 aliphatic heterocycles. The van der Waals surface area contributed by atoms with Crippen LogP contribution in [0.1, 0.15) is 48.3 Å². The van der Waals surface area contributed by atoms with Gasteiger partial charge in [0.1, 0.15) is 5.82 Å². The van der Waals surface area contributed by atoms with Crippen LogP contribution in [-0.2, 0) is 55.2 Å². The first-order valence-corrected chi connectivity index (χ1v) is 33.8. The molecule has 0 amide bonds. The Bertz CT molecular complexity index is 5480. The van der Waals surface area contributed by atoms with Crippen LogP contribution in [0.25, 0.3) is 64.6 Å². The van der Waals surface area contributed by atoms with Gasteiger partial charge in [-0.05, 0) is 122 Å². The SMILES string of the molecule is CC.CS(=O)(=O)NCCCc1nc(NCCS(=O)(=O)O)nc(Nc2ccc(S(=O)(=O)O)cc2)n1.[V].c1ccc2cc3c(cc2c1)C1=NC3=Nc2c3cc4ccccc4cc3c3n2On2c(c4cc5ccccc5cc4c2=NC2=NC(=N3)c3cc4ccccc4cc32)=N1. The van der Waals surface area contributed by atoms with Crippen molar-refractivity contribution in [2.24, 2.45) is 30.0 Å². The number of hydrogen-bond donors (Lipinski definition) is 5. The molecule has 459 valence electrons. The summed E-state index contributed by atoms with van der Waals surface area (Å²) in [5.74, 6) is 3.05. The fourth-order valence-electron chi connectivity index (χ4n) is 11.2. The van der Waals surface area contributed by atoms with Crippen molar-refractivity contribution in [2.45, 2.75) is 31.6 Å². The molecule has 16 rings (SSSR count). The molecule has 23 nitrogen and oxygen atoms in total.